The monoisotopic (exact) mass is 346 g/mol. The summed E-state index contributed by atoms with van der Waals surface area (Å²) in [5.41, 5.74) is 7.02. The molecule has 4 N–H and O–H groups in total. The fraction of sp³-hybridized carbons (Fsp3) is 0.444. The number of aryl methyl sites for hydroxylation is 1. The van der Waals surface area contributed by atoms with Gasteiger partial charge in [-0.3, -0.25) is 4.79 Å². The highest BCUT2D eigenvalue weighted by molar-refractivity contribution is 5.95. The van der Waals surface area contributed by atoms with Gasteiger partial charge >= 0.3 is 0 Å². The summed E-state index contributed by atoms with van der Waals surface area (Å²) in [5.74, 6) is -0.718. The highest BCUT2D eigenvalue weighted by Gasteiger charge is 2.27. The number of aromatic hydroxyl groups is 1. The number of carbonyl (C=O) groups excluding carboxylic acids is 1. The summed E-state index contributed by atoms with van der Waals surface area (Å²) in [7, 11) is 0. The van der Waals surface area contributed by atoms with E-state index in [1.165, 1.54) is 23.0 Å². The normalized spacial score (nSPS) is 20.4. The number of amides is 1. The van der Waals surface area contributed by atoms with Crippen LogP contribution >= 0.6 is 0 Å². The molecular weight excluding hydrogens is 323 g/mol. The SMILES string of the molecule is Cc1cc(F)ccc1-n1cc(O)c(C(=O)NC2CCCCC2CN)n1. The van der Waals surface area contributed by atoms with Gasteiger partial charge in [-0.25, -0.2) is 9.07 Å². The van der Waals surface area contributed by atoms with Crippen LogP contribution in [0.3, 0.4) is 0 Å². The predicted octanol–water partition coefficient (Wildman–Crippen LogP) is 2.27. The Bertz CT molecular complexity index is 774. The molecule has 0 saturated heterocycles. The number of nitrogens with one attached hydrogen (secondary N) is 1. The molecule has 2 unspecified atom stereocenters. The van der Waals surface area contributed by atoms with E-state index in [0.29, 0.717) is 17.8 Å². The maximum absolute atomic E-state index is 13.3. The molecular formula is C18H23FN4O2. The van der Waals surface area contributed by atoms with Crippen molar-refractivity contribution in [2.24, 2.45) is 11.7 Å². The molecule has 1 aliphatic carbocycles. The lowest BCUT2D eigenvalue weighted by Gasteiger charge is -2.31. The molecule has 7 heteroatoms. The minimum atomic E-state index is -0.415. The molecule has 1 aromatic carbocycles. The molecule has 0 aliphatic heterocycles. The third-order valence-corrected chi connectivity index (χ3v) is 4.84. The lowest BCUT2D eigenvalue weighted by Crippen LogP contribution is -2.44. The smallest absolute Gasteiger partial charge is 0.275 e. The zero-order chi connectivity index (χ0) is 18.0. The van der Waals surface area contributed by atoms with Gasteiger partial charge in [0, 0.05) is 6.04 Å². The molecule has 1 aliphatic rings. The van der Waals surface area contributed by atoms with Gasteiger partial charge in [-0.2, -0.15) is 5.10 Å². The molecule has 0 spiro atoms. The minimum Gasteiger partial charge on any atom is -0.504 e. The van der Waals surface area contributed by atoms with E-state index in [4.69, 9.17) is 5.73 Å². The second-order valence-corrected chi connectivity index (χ2v) is 6.60. The number of hydrogen-bond donors (Lipinski definition) is 3. The summed E-state index contributed by atoms with van der Waals surface area (Å²) in [5, 5.41) is 17.3. The average Bonchev–Trinajstić information content (AvgIpc) is 2.97. The molecule has 2 aromatic rings. The molecule has 3 rings (SSSR count). The van der Waals surface area contributed by atoms with Crippen LogP contribution < -0.4 is 11.1 Å². The minimum absolute atomic E-state index is 0.00311. The molecule has 1 saturated carbocycles. The number of hydrogen-bond acceptors (Lipinski definition) is 4. The average molecular weight is 346 g/mol. The van der Waals surface area contributed by atoms with Gasteiger partial charge in [-0.1, -0.05) is 12.8 Å². The van der Waals surface area contributed by atoms with E-state index in [9.17, 15) is 14.3 Å². The Morgan fingerprint density at radius 1 is 1.44 bits per heavy atom. The first kappa shape index (κ1) is 17.4. The molecule has 25 heavy (non-hydrogen) atoms. The number of nitrogens with zero attached hydrogens (tertiary/aromatic N) is 2. The molecule has 134 valence electrons. The van der Waals surface area contributed by atoms with Crippen LogP contribution in [0.15, 0.2) is 24.4 Å². The maximum Gasteiger partial charge on any atom is 0.275 e. The van der Waals surface area contributed by atoms with Gasteiger partial charge in [-0.05, 0) is 56.0 Å². The van der Waals surface area contributed by atoms with Crippen molar-refractivity contribution in [3.63, 3.8) is 0 Å². The largest absolute Gasteiger partial charge is 0.504 e. The Kier molecular flexibility index (Phi) is 5.03. The topological polar surface area (TPSA) is 93.2 Å². The quantitative estimate of drug-likeness (QED) is 0.792. The Morgan fingerprint density at radius 2 is 2.20 bits per heavy atom. The molecule has 0 bridgehead atoms. The number of halogens is 1. The first-order valence-corrected chi connectivity index (χ1v) is 8.55. The van der Waals surface area contributed by atoms with Gasteiger partial charge in [0.25, 0.3) is 5.91 Å². The summed E-state index contributed by atoms with van der Waals surface area (Å²) in [6.45, 7) is 2.27. The van der Waals surface area contributed by atoms with Gasteiger partial charge in [0.2, 0.25) is 0 Å². The van der Waals surface area contributed by atoms with E-state index >= 15 is 0 Å². The lowest BCUT2D eigenvalue weighted by atomic mass is 9.84. The van der Waals surface area contributed by atoms with Crippen molar-refractivity contribution < 1.29 is 14.3 Å². The van der Waals surface area contributed by atoms with E-state index in [0.717, 1.165) is 25.7 Å². The van der Waals surface area contributed by atoms with Crippen molar-refractivity contribution in [2.45, 2.75) is 38.6 Å². The Hall–Kier alpha value is -2.41. The summed E-state index contributed by atoms with van der Waals surface area (Å²) < 4.78 is 14.6. The van der Waals surface area contributed by atoms with Gasteiger partial charge < -0.3 is 16.2 Å². The molecule has 1 heterocycles. The van der Waals surface area contributed by atoms with E-state index in [2.05, 4.69) is 10.4 Å². The van der Waals surface area contributed by atoms with Crippen molar-refractivity contribution in [2.75, 3.05) is 6.54 Å². The van der Waals surface area contributed by atoms with Gasteiger partial charge in [0.15, 0.2) is 11.4 Å². The fourth-order valence-electron chi connectivity index (χ4n) is 3.44. The molecule has 1 fully saturated rings. The summed E-state index contributed by atoms with van der Waals surface area (Å²) in [6.07, 6.45) is 5.41. The highest BCUT2D eigenvalue weighted by atomic mass is 19.1. The number of benzene rings is 1. The first-order chi connectivity index (χ1) is 12.0. The maximum atomic E-state index is 13.3. The van der Waals surface area contributed by atoms with Crippen LogP contribution in [0, 0.1) is 18.7 Å². The Morgan fingerprint density at radius 3 is 2.92 bits per heavy atom. The summed E-state index contributed by atoms with van der Waals surface area (Å²) in [4.78, 5) is 12.5. The van der Waals surface area contributed by atoms with Crippen LogP contribution in [0.1, 0.15) is 41.7 Å². The summed E-state index contributed by atoms with van der Waals surface area (Å²) >= 11 is 0. The molecule has 0 radical (unpaired) electrons. The van der Waals surface area contributed by atoms with E-state index in [1.54, 1.807) is 13.0 Å². The zero-order valence-corrected chi connectivity index (χ0v) is 14.2. The number of carbonyl (C=O) groups is 1. The van der Waals surface area contributed by atoms with Crippen molar-refractivity contribution in [1.82, 2.24) is 15.1 Å². The number of aromatic nitrogens is 2. The van der Waals surface area contributed by atoms with Crippen molar-refractivity contribution >= 4 is 5.91 Å². The Labute approximate surface area is 145 Å². The molecule has 2 atom stereocenters. The van der Waals surface area contributed by atoms with Crippen LogP contribution in [0.2, 0.25) is 0 Å². The lowest BCUT2D eigenvalue weighted by molar-refractivity contribution is 0.0900. The van der Waals surface area contributed by atoms with Gasteiger partial charge in [0.05, 0.1) is 11.9 Å². The molecule has 6 nitrogen and oxygen atoms in total. The van der Waals surface area contributed by atoms with E-state index in [-0.39, 0.29) is 29.2 Å². The summed E-state index contributed by atoms with van der Waals surface area (Å²) in [6, 6.07) is 4.25. The standard InChI is InChI=1S/C18H23FN4O2/c1-11-8-13(19)6-7-15(11)23-10-16(24)17(22-23)18(25)21-14-5-3-2-4-12(14)9-20/h6-8,10,12,14,24H,2-5,9,20H2,1H3,(H,21,25). The van der Waals surface area contributed by atoms with E-state index in [1.807, 2.05) is 0 Å². The van der Waals surface area contributed by atoms with Crippen LogP contribution in [0.5, 0.6) is 5.75 Å². The van der Waals surface area contributed by atoms with E-state index < -0.39 is 5.91 Å². The van der Waals surface area contributed by atoms with Crippen LogP contribution in [0.25, 0.3) is 5.69 Å². The zero-order valence-electron chi connectivity index (χ0n) is 14.2. The van der Waals surface area contributed by atoms with Crippen molar-refractivity contribution in [1.29, 1.82) is 0 Å². The first-order valence-electron chi connectivity index (χ1n) is 8.55. The second-order valence-electron chi connectivity index (χ2n) is 6.60. The Balaban J connectivity index is 1.81. The van der Waals surface area contributed by atoms with Crippen LogP contribution in [-0.4, -0.2) is 33.4 Å². The van der Waals surface area contributed by atoms with Crippen LogP contribution in [-0.2, 0) is 0 Å². The number of nitrogens with two attached hydrogens (primary N) is 1. The third kappa shape index (κ3) is 3.66. The second kappa shape index (κ2) is 7.23. The predicted molar refractivity (Wildman–Crippen MR) is 92.2 cm³/mol. The van der Waals surface area contributed by atoms with Crippen LogP contribution in [0.4, 0.5) is 4.39 Å². The highest BCUT2D eigenvalue weighted by Crippen LogP contribution is 2.25. The van der Waals surface area contributed by atoms with Gasteiger partial charge in [0.1, 0.15) is 5.82 Å². The number of rotatable bonds is 4. The molecule has 1 aromatic heterocycles. The third-order valence-electron chi connectivity index (χ3n) is 4.84. The fourth-order valence-corrected chi connectivity index (χ4v) is 3.44. The molecule has 1 amide bonds. The van der Waals surface area contributed by atoms with Crippen molar-refractivity contribution in [3.05, 3.63) is 41.5 Å². The van der Waals surface area contributed by atoms with Crippen molar-refractivity contribution in [3.8, 4) is 11.4 Å². The van der Waals surface area contributed by atoms with Gasteiger partial charge in [-0.15, -0.1) is 0 Å².